The molecular formula is C72H66O24. The molecule has 24 nitrogen and oxygen atoms in total. The van der Waals surface area contributed by atoms with Gasteiger partial charge >= 0.3 is 53.7 Å². The van der Waals surface area contributed by atoms with Crippen LogP contribution in [-0.4, -0.2) is 165 Å². The molecule has 10 rings (SSSR count). The molecule has 3 saturated heterocycles. The Morgan fingerprint density at radius 2 is 0.594 bits per heavy atom. The minimum atomic E-state index is -2.21. The highest BCUT2D eigenvalue weighted by molar-refractivity contribution is 5.93. The van der Waals surface area contributed by atoms with E-state index in [1.54, 1.807) is 122 Å². The van der Waals surface area contributed by atoms with Crippen LogP contribution in [0.3, 0.4) is 0 Å². The summed E-state index contributed by atoms with van der Waals surface area (Å²) in [5, 5.41) is 12.1. The SMILES string of the molecule is CC(=O)OC1C(OC2OC(COC(=O)c3ccccc3)C(OC(=O)c3ccccc3)C(OC(=O)c3ccccc3)C2OC(=O)c2ccccc2)[C@@H](OC(C)=O)C(COC2OC(COC(=O)c3ccccc3)C(OC(=O)c3ccccc3)C(OC(=O)c3ccccc3)C2C)O[C@@H]1O. The van der Waals surface area contributed by atoms with Gasteiger partial charge in [-0.2, -0.15) is 0 Å². The van der Waals surface area contributed by atoms with Crippen molar-refractivity contribution >= 4 is 53.7 Å². The fraction of sp³-hybridized carbons (Fsp3) is 0.292. The molecule has 1 N–H and O–H groups in total. The van der Waals surface area contributed by atoms with Crippen molar-refractivity contribution in [1.82, 2.24) is 0 Å². The van der Waals surface area contributed by atoms with Gasteiger partial charge < -0.3 is 71.4 Å². The fourth-order valence-electron chi connectivity index (χ4n) is 10.8. The Morgan fingerprint density at radius 1 is 0.312 bits per heavy atom. The molecule has 7 aromatic carbocycles. The second kappa shape index (κ2) is 32.6. The Kier molecular flexibility index (Phi) is 23.2. The summed E-state index contributed by atoms with van der Waals surface area (Å²) in [6.45, 7) is 1.37. The minimum absolute atomic E-state index is 0.00448. The summed E-state index contributed by atoms with van der Waals surface area (Å²) in [6, 6.07) is 54.2. The summed E-state index contributed by atoms with van der Waals surface area (Å²) in [4.78, 5) is 125. The van der Waals surface area contributed by atoms with E-state index in [1.807, 2.05) is 0 Å². The number of rotatable bonds is 23. The number of carbonyl (C=O) groups is 9. The van der Waals surface area contributed by atoms with Crippen LogP contribution in [0.4, 0.5) is 0 Å². The van der Waals surface area contributed by atoms with E-state index in [2.05, 4.69) is 0 Å². The molecule has 3 aliphatic heterocycles. The van der Waals surface area contributed by atoms with Crippen LogP contribution in [0.2, 0.25) is 0 Å². The molecule has 3 fully saturated rings. The molecule has 13 unspecified atom stereocenters. The Bertz CT molecular complexity index is 3770. The van der Waals surface area contributed by atoms with Crippen LogP contribution in [-0.2, 0) is 75.9 Å². The highest BCUT2D eigenvalue weighted by atomic mass is 16.8. The predicted molar refractivity (Wildman–Crippen MR) is 331 cm³/mol. The van der Waals surface area contributed by atoms with Crippen molar-refractivity contribution in [3.63, 3.8) is 0 Å². The lowest BCUT2D eigenvalue weighted by Gasteiger charge is -2.48. The van der Waals surface area contributed by atoms with Crippen molar-refractivity contribution in [3.05, 3.63) is 251 Å². The lowest BCUT2D eigenvalue weighted by atomic mass is 9.91. The zero-order valence-corrected chi connectivity index (χ0v) is 51.8. The van der Waals surface area contributed by atoms with Gasteiger partial charge in [-0.05, 0) is 84.9 Å². The Labute approximate surface area is 550 Å². The standard InChI is InChI=1S/C72H66O24/c1-42-55(91-65(77)47-29-15-6-16-30-47)56(92-66(78)48-31-17-7-18-32-48)53(39-83-63(75)45-25-11-4-12-26-45)89-71(42)85-41-52-57(86-43(2)73)59(61(70(82)88-52)87-44(3)74)96-72-62(95-69(81)51-37-23-10-24-38-51)60(94-68(80)50-35-21-9-22-36-50)58(93-67(79)49-33-19-8-20-34-49)54(90-72)40-84-64(76)46-27-13-5-14-28-46/h4-38,42,52-62,70-72,82H,39-41H2,1-3H3/t42?,52?,53?,54?,55?,56?,57-,58?,59?,60?,61?,62?,70-,71?,72?/m0/s1. The van der Waals surface area contributed by atoms with Crippen molar-refractivity contribution in [1.29, 1.82) is 0 Å². The van der Waals surface area contributed by atoms with Gasteiger partial charge in [0.05, 0.1) is 45.6 Å². The third-order valence-electron chi connectivity index (χ3n) is 15.5. The normalized spacial score (nSPS) is 25.2. The summed E-state index contributed by atoms with van der Waals surface area (Å²) in [5.41, 5.74) is 0.386. The maximum atomic E-state index is 14.5. The summed E-state index contributed by atoms with van der Waals surface area (Å²) >= 11 is 0. The predicted octanol–water partition coefficient (Wildman–Crippen LogP) is 7.90. The number of hydrogen-bond acceptors (Lipinski definition) is 24. The first-order valence-electron chi connectivity index (χ1n) is 30.5. The molecule has 0 spiro atoms. The molecule has 24 heteroatoms. The molecule has 0 radical (unpaired) electrons. The molecule has 0 saturated carbocycles. The zero-order valence-electron chi connectivity index (χ0n) is 51.8. The molecule has 15 atom stereocenters. The second-order valence-electron chi connectivity index (χ2n) is 22.2. The number of aliphatic hydroxyl groups is 1. The largest absolute Gasteiger partial charge is 0.459 e. The topological polar surface area (TPSA) is 303 Å². The van der Waals surface area contributed by atoms with Gasteiger partial charge in [0.1, 0.15) is 43.7 Å². The van der Waals surface area contributed by atoms with E-state index in [-0.39, 0.29) is 38.9 Å². The van der Waals surface area contributed by atoms with Gasteiger partial charge in [-0.15, -0.1) is 0 Å². The van der Waals surface area contributed by atoms with Crippen molar-refractivity contribution in [2.24, 2.45) is 5.92 Å². The lowest BCUT2D eigenvalue weighted by Crippen LogP contribution is -2.67. The summed E-state index contributed by atoms with van der Waals surface area (Å²) in [6.07, 6.45) is -25.5. The van der Waals surface area contributed by atoms with Crippen molar-refractivity contribution in [3.8, 4) is 0 Å². The number of benzene rings is 7. The molecule has 96 heavy (non-hydrogen) atoms. The second-order valence-corrected chi connectivity index (χ2v) is 22.2. The van der Waals surface area contributed by atoms with E-state index in [0.29, 0.717) is 0 Å². The maximum Gasteiger partial charge on any atom is 0.338 e. The third-order valence-corrected chi connectivity index (χ3v) is 15.5. The molecule has 0 amide bonds. The van der Waals surface area contributed by atoms with Crippen molar-refractivity contribution in [2.45, 2.75) is 107 Å². The van der Waals surface area contributed by atoms with E-state index >= 15 is 0 Å². The maximum absolute atomic E-state index is 14.5. The molecule has 3 heterocycles. The first kappa shape index (κ1) is 68.4. The van der Waals surface area contributed by atoms with Crippen molar-refractivity contribution in [2.75, 3.05) is 19.8 Å². The molecule has 0 aliphatic carbocycles. The van der Waals surface area contributed by atoms with Crippen LogP contribution in [0.15, 0.2) is 212 Å². The molecule has 3 aliphatic rings. The van der Waals surface area contributed by atoms with Crippen LogP contribution in [0.25, 0.3) is 0 Å². The minimum Gasteiger partial charge on any atom is -0.459 e. The first-order valence-corrected chi connectivity index (χ1v) is 30.5. The van der Waals surface area contributed by atoms with E-state index in [1.165, 1.54) is 97.1 Å². The van der Waals surface area contributed by atoms with E-state index in [0.717, 1.165) is 13.8 Å². The summed E-state index contributed by atoms with van der Waals surface area (Å²) in [7, 11) is 0. The highest BCUT2D eigenvalue weighted by Crippen LogP contribution is 2.38. The average Bonchev–Trinajstić information content (AvgIpc) is 0.767. The van der Waals surface area contributed by atoms with Crippen LogP contribution in [0.1, 0.15) is 93.3 Å². The van der Waals surface area contributed by atoms with Crippen LogP contribution < -0.4 is 0 Å². The third kappa shape index (κ3) is 17.5. The van der Waals surface area contributed by atoms with Gasteiger partial charge in [0.15, 0.2) is 55.5 Å². The Hall–Kier alpha value is -10.5. The van der Waals surface area contributed by atoms with Gasteiger partial charge in [0.2, 0.25) is 0 Å². The Balaban J connectivity index is 1.03. The monoisotopic (exact) mass is 1310 g/mol. The van der Waals surface area contributed by atoms with Gasteiger partial charge in [-0.25, -0.2) is 33.6 Å². The van der Waals surface area contributed by atoms with Gasteiger partial charge in [-0.1, -0.05) is 134 Å². The average molecular weight is 1320 g/mol. The first-order chi connectivity index (χ1) is 46.5. The molecule has 498 valence electrons. The highest BCUT2D eigenvalue weighted by Gasteiger charge is 2.59. The summed E-state index contributed by atoms with van der Waals surface area (Å²) < 4.78 is 86.8. The molecular weight excluding hydrogens is 1250 g/mol. The smallest absolute Gasteiger partial charge is 0.338 e. The van der Waals surface area contributed by atoms with Gasteiger partial charge in [-0.3, -0.25) is 9.59 Å². The van der Waals surface area contributed by atoms with E-state index < -0.39 is 165 Å². The van der Waals surface area contributed by atoms with Gasteiger partial charge in [0.25, 0.3) is 0 Å². The fourth-order valence-corrected chi connectivity index (χ4v) is 10.8. The number of ether oxygens (including phenoxy) is 14. The van der Waals surface area contributed by atoms with E-state index in [9.17, 15) is 48.3 Å². The van der Waals surface area contributed by atoms with Crippen LogP contribution in [0, 0.1) is 5.92 Å². The van der Waals surface area contributed by atoms with Crippen LogP contribution in [0.5, 0.6) is 0 Å². The molecule has 0 bridgehead atoms. The quantitative estimate of drug-likeness (QED) is 0.0470. The number of carbonyl (C=O) groups excluding carboxylic acids is 9. The number of esters is 9. The Morgan fingerprint density at radius 3 is 0.958 bits per heavy atom. The van der Waals surface area contributed by atoms with Gasteiger partial charge in [0, 0.05) is 19.8 Å². The number of hydrogen-bond donors (Lipinski definition) is 1. The summed E-state index contributed by atoms with van der Waals surface area (Å²) in [5.74, 6) is -9.69. The zero-order chi connectivity index (χ0) is 67.7. The number of aliphatic hydroxyl groups excluding tert-OH is 1. The molecule has 0 aromatic heterocycles. The van der Waals surface area contributed by atoms with Crippen molar-refractivity contribution < 1.29 is 115 Å². The van der Waals surface area contributed by atoms with E-state index in [4.69, 9.17) is 66.3 Å². The van der Waals surface area contributed by atoms with Crippen LogP contribution >= 0.6 is 0 Å². The molecule has 7 aromatic rings. The lowest BCUT2D eigenvalue weighted by molar-refractivity contribution is -0.359.